The van der Waals surface area contributed by atoms with E-state index in [0.717, 1.165) is 22.7 Å². The molecule has 4 aromatic rings. The highest BCUT2D eigenvalue weighted by Crippen LogP contribution is 2.38. The lowest BCUT2D eigenvalue weighted by Crippen LogP contribution is -2.44. The van der Waals surface area contributed by atoms with Crippen LogP contribution in [-0.4, -0.2) is 36.3 Å². The number of nitrogens with two attached hydrogens (primary N) is 2. The van der Waals surface area contributed by atoms with E-state index in [1.165, 1.54) is 19.1 Å². The molecule has 5 N–H and O–H groups in total. The molecule has 3 aromatic carbocycles. The van der Waals surface area contributed by atoms with E-state index >= 15 is 0 Å². The van der Waals surface area contributed by atoms with Crippen molar-refractivity contribution in [2.75, 3.05) is 24.9 Å². The fourth-order valence-corrected chi connectivity index (χ4v) is 5.21. The summed E-state index contributed by atoms with van der Waals surface area (Å²) in [6.45, 7) is 2.18. The quantitative estimate of drug-likeness (QED) is 0.244. The molecule has 0 fully saturated rings. The largest absolute Gasteiger partial charge is 0.493 e. The Balaban J connectivity index is 1.91. The lowest BCUT2D eigenvalue weighted by atomic mass is 9.99. The fraction of sp³-hybridized carbons (Fsp3) is 0.200. The van der Waals surface area contributed by atoms with Gasteiger partial charge >= 0.3 is 0 Å². The van der Waals surface area contributed by atoms with Crippen molar-refractivity contribution in [3.63, 3.8) is 0 Å². The molecule has 212 valence electrons. The summed E-state index contributed by atoms with van der Waals surface area (Å²) in [5, 5.41) is 2.97. The number of methoxy groups -OCH3 is 2. The maximum Gasteiger partial charge on any atom is 0.273 e. The fourth-order valence-electron chi connectivity index (χ4n) is 4.47. The van der Waals surface area contributed by atoms with Crippen LogP contribution < -0.4 is 31.2 Å². The molecule has 0 aliphatic heterocycles. The number of carbonyl (C=O) groups is 3. The number of primary amides is 1. The predicted octanol–water partition coefficient (Wildman–Crippen LogP) is 4.11. The van der Waals surface area contributed by atoms with Crippen LogP contribution >= 0.6 is 11.5 Å². The van der Waals surface area contributed by atoms with E-state index in [4.69, 9.17) is 20.9 Å². The van der Waals surface area contributed by atoms with Gasteiger partial charge in [0.1, 0.15) is 10.9 Å². The number of nitrogens with zero attached hydrogens (tertiary/aromatic N) is 2. The smallest absolute Gasteiger partial charge is 0.273 e. The molecule has 0 spiro atoms. The normalized spacial score (nSPS) is 11.4. The van der Waals surface area contributed by atoms with Crippen molar-refractivity contribution in [1.29, 1.82) is 0 Å². The van der Waals surface area contributed by atoms with Crippen molar-refractivity contribution in [2.45, 2.75) is 25.9 Å². The average molecular weight is 574 g/mol. The predicted molar refractivity (Wildman–Crippen MR) is 158 cm³/mol. The molecule has 1 atom stereocenters. The molecule has 3 amide bonds. The molecule has 1 heterocycles. The van der Waals surface area contributed by atoms with Crippen molar-refractivity contribution < 1.29 is 23.9 Å². The van der Waals surface area contributed by atoms with E-state index in [9.17, 15) is 14.4 Å². The van der Waals surface area contributed by atoms with Gasteiger partial charge in [0.05, 0.1) is 19.9 Å². The van der Waals surface area contributed by atoms with Gasteiger partial charge in [-0.05, 0) is 52.8 Å². The van der Waals surface area contributed by atoms with Gasteiger partial charge in [0.15, 0.2) is 17.2 Å². The Morgan fingerprint density at radius 1 is 0.976 bits per heavy atom. The summed E-state index contributed by atoms with van der Waals surface area (Å²) >= 11 is 0.754. The molecule has 0 bridgehead atoms. The van der Waals surface area contributed by atoms with Crippen LogP contribution in [0.4, 0.5) is 11.4 Å². The summed E-state index contributed by atoms with van der Waals surface area (Å²) < 4.78 is 14.9. The first-order valence-corrected chi connectivity index (χ1v) is 13.6. The summed E-state index contributed by atoms with van der Waals surface area (Å²) in [4.78, 5) is 41.8. The Morgan fingerprint density at radius 3 is 2.29 bits per heavy atom. The summed E-state index contributed by atoms with van der Waals surface area (Å²) in [6, 6.07) is 20.6. The number of hydrogen-bond acceptors (Lipinski definition) is 8. The Morgan fingerprint density at radius 2 is 1.66 bits per heavy atom. The molecule has 11 heteroatoms. The van der Waals surface area contributed by atoms with Crippen LogP contribution in [0.25, 0.3) is 0 Å². The minimum absolute atomic E-state index is 0.00829. The van der Waals surface area contributed by atoms with Crippen molar-refractivity contribution in [1.82, 2.24) is 9.69 Å². The summed E-state index contributed by atoms with van der Waals surface area (Å²) in [6.07, 6.45) is 0.578. The molecule has 1 aromatic heterocycles. The number of carbonyl (C=O) groups excluding carboxylic acids is 3. The highest BCUT2D eigenvalue weighted by molar-refractivity contribution is 7.09. The molecule has 4 rings (SSSR count). The van der Waals surface area contributed by atoms with Gasteiger partial charge in [-0.2, -0.15) is 4.37 Å². The van der Waals surface area contributed by atoms with Crippen LogP contribution in [0.2, 0.25) is 0 Å². The number of nitrogen functional groups attached to an aromatic ring is 1. The minimum atomic E-state index is -1.17. The molecule has 0 unspecified atom stereocenters. The van der Waals surface area contributed by atoms with Crippen LogP contribution in [0.15, 0.2) is 72.8 Å². The van der Waals surface area contributed by atoms with Gasteiger partial charge in [-0.3, -0.25) is 19.3 Å². The molecule has 0 saturated carbocycles. The number of para-hydroxylation sites is 1. The average Bonchev–Trinajstić information content (AvgIpc) is 3.39. The number of anilines is 2. The lowest BCUT2D eigenvalue weighted by Gasteiger charge is -2.33. The van der Waals surface area contributed by atoms with E-state index in [1.54, 1.807) is 30.3 Å². The van der Waals surface area contributed by atoms with Gasteiger partial charge in [0.2, 0.25) is 5.91 Å². The Bertz CT molecular complexity index is 1560. The zero-order valence-corrected chi connectivity index (χ0v) is 23.7. The molecular weight excluding hydrogens is 542 g/mol. The molecule has 0 aliphatic carbocycles. The van der Waals surface area contributed by atoms with E-state index in [2.05, 4.69) is 9.69 Å². The second-order valence-corrected chi connectivity index (χ2v) is 9.79. The van der Waals surface area contributed by atoms with E-state index in [0.29, 0.717) is 29.2 Å². The van der Waals surface area contributed by atoms with Gasteiger partial charge in [0, 0.05) is 12.2 Å². The van der Waals surface area contributed by atoms with E-state index in [-0.39, 0.29) is 22.8 Å². The lowest BCUT2D eigenvalue weighted by molar-refractivity contribution is -0.122. The van der Waals surface area contributed by atoms with Gasteiger partial charge in [-0.25, -0.2) is 0 Å². The molecule has 10 nitrogen and oxygen atoms in total. The number of ether oxygens (including phenoxy) is 2. The van der Waals surface area contributed by atoms with Crippen molar-refractivity contribution in [3.05, 3.63) is 100 Å². The number of benzene rings is 3. The first-order valence-electron chi connectivity index (χ1n) is 12.8. The molecule has 0 aliphatic rings. The zero-order chi connectivity index (χ0) is 29.5. The van der Waals surface area contributed by atoms with E-state index < -0.39 is 23.8 Å². The Hall–Kier alpha value is -4.90. The maximum absolute atomic E-state index is 14.4. The second-order valence-electron chi connectivity index (χ2n) is 9.02. The standard InChI is InChI=1S/C30H31N5O5S/c1-4-19-12-8-9-13-21(19)35(30(38)27-24(31)25(28(32)36)34-41-27)26(20-14-15-22(39-2)23(16-20)40-3)29(37)33-17-18-10-6-5-7-11-18/h5-16,26H,4,17,31H2,1-3H3,(H2,32,36)(H,33,37)/t26-/m0/s1. The molecular formula is C30H31N5O5S. The minimum Gasteiger partial charge on any atom is -0.493 e. The first kappa shape index (κ1) is 29.1. The molecule has 0 saturated heterocycles. The number of amides is 3. The third-order valence-corrected chi connectivity index (χ3v) is 7.40. The number of rotatable bonds is 11. The van der Waals surface area contributed by atoms with Crippen molar-refractivity contribution in [2.24, 2.45) is 5.73 Å². The maximum atomic E-state index is 14.4. The van der Waals surface area contributed by atoms with Crippen LogP contribution in [0.1, 0.15) is 49.8 Å². The van der Waals surface area contributed by atoms with Gasteiger partial charge < -0.3 is 26.3 Å². The van der Waals surface area contributed by atoms with Crippen molar-refractivity contribution >= 4 is 40.6 Å². The van der Waals surface area contributed by atoms with Crippen LogP contribution in [0.3, 0.4) is 0 Å². The monoisotopic (exact) mass is 573 g/mol. The van der Waals surface area contributed by atoms with Crippen molar-refractivity contribution in [3.8, 4) is 11.5 Å². The highest BCUT2D eigenvalue weighted by atomic mass is 32.1. The zero-order valence-electron chi connectivity index (χ0n) is 22.9. The van der Waals surface area contributed by atoms with Crippen LogP contribution in [0.5, 0.6) is 11.5 Å². The van der Waals surface area contributed by atoms with Crippen LogP contribution in [-0.2, 0) is 17.8 Å². The SMILES string of the molecule is CCc1ccccc1N(C(=O)c1snc(C(N)=O)c1N)[C@H](C(=O)NCc1ccccc1)c1ccc(OC)c(OC)c1. The highest BCUT2D eigenvalue weighted by Gasteiger charge is 2.37. The molecule has 41 heavy (non-hydrogen) atoms. The van der Waals surface area contributed by atoms with E-state index in [1.807, 2.05) is 49.4 Å². The number of aromatic nitrogens is 1. The van der Waals surface area contributed by atoms with Gasteiger partial charge in [0.25, 0.3) is 11.8 Å². The summed E-state index contributed by atoms with van der Waals surface area (Å²) in [5.74, 6) is -1.06. The van der Waals surface area contributed by atoms with Gasteiger partial charge in [-0.15, -0.1) is 0 Å². The molecule has 0 radical (unpaired) electrons. The Kier molecular flexibility index (Phi) is 9.20. The Labute approximate surface area is 242 Å². The summed E-state index contributed by atoms with van der Waals surface area (Å²) in [7, 11) is 3.00. The van der Waals surface area contributed by atoms with Crippen LogP contribution in [0, 0.1) is 0 Å². The third kappa shape index (κ3) is 6.15. The topological polar surface area (TPSA) is 150 Å². The number of hydrogen-bond donors (Lipinski definition) is 3. The third-order valence-electron chi connectivity index (χ3n) is 6.55. The number of nitrogens with one attached hydrogen (secondary N) is 1. The van der Waals surface area contributed by atoms with Gasteiger partial charge in [-0.1, -0.05) is 61.5 Å². The summed E-state index contributed by atoms with van der Waals surface area (Å²) in [5.41, 5.74) is 14.0. The second kappa shape index (κ2) is 13.0. The first-order chi connectivity index (χ1) is 19.8. The number of aryl methyl sites for hydroxylation is 1.